The van der Waals surface area contributed by atoms with Crippen molar-refractivity contribution in [1.82, 2.24) is 4.90 Å². The Morgan fingerprint density at radius 2 is 2.14 bits per heavy atom. The molecule has 0 spiro atoms. The number of hydrogen-bond donors (Lipinski definition) is 1. The summed E-state index contributed by atoms with van der Waals surface area (Å²) >= 11 is 0. The molecule has 0 heterocycles. The molecule has 0 aliphatic heterocycles. The lowest BCUT2D eigenvalue weighted by atomic mass is 10.0. The second kappa shape index (κ2) is 7.85. The van der Waals surface area contributed by atoms with E-state index in [1.165, 1.54) is 6.08 Å². The number of carboxylic acid groups (broad SMARTS) is 1. The van der Waals surface area contributed by atoms with Crippen LogP contribution in [0, 0.1) is 18.3 Å². The third-order valence-electron chi connectivity index (χ3n) is 3.09. The van der Waals surface area contributed by atoms with E-state index in [0.29, 0.717) is 24.2 Å². The second-order valence-electron chi connectivity index (χ2n) is 4.54. The summed E-state index contributed by atoms with van der Waals surface area (Å²) in [7, 11) is 0. The number of aryl methyl sites for hydroxylation is 1. The Balaban J connectivity index is 3.02. The minimum atomic E-state index is -1.03. The molecular formula is C16H18N2O3. The lowest BCUT2D eigenvalue weighted by molar-refractivity contribution is -0.131. The Bertz CT molecular complexity index is 600. The molecule has 0 saturated carbocycles. The number of hydrogen-bond acceptors (Lipinski definition) is 3. The highest BCUT2D eigenvalue weighted by atomic mass is 16.4. The number of benzene rings is 1. The van der Waals surface area contributed by atoms with Crippen molar-refractivity contribution in [3.8, 4) is 6.07 Å². The van der Waals surface area contributed by atoms with Gasteiger partial charge in [0.05, 0.1) is 12.5 Å². The third-order valence-corrected chi connectivity index (χ3v) is 3.09. The zero-order valence-electron chi connectivity index (χ0n) is 12.2. The first-order valence-corrected chi connectivity index (χ1v) is 6.67. The molecule has 0 fully saturated rings. The summed E-state index contributed by atoms with van der Waals surface area (Å²) in [5.41, 5.74) is 2.08. The molecule has 0 atom stereocenters. The number of aliphatic carboxylic acids is 1. The zero-order chi connectivity index (χ0) is 15.8. The Morgan fingerprint density at radius 3 is 2.71 bits per heavy atom. The smallest absolute Gasteiger partial charge is 0.328 e. The summed E-state index contributed by atoms with van der Waals surface area (Å²) in [5, 5.41) is 17.3. The zero-order valence-corrected chi connectivity index (χ0v) is 12.2. The number of carbonyl (C=O) groups excluding carboxylic acids is 1. The van der Waals surface area contributed by atoms with Crippen molar-refractivity contribution >= 4 is 18.0 Å². The summed E-state index contributed by atoms with van der Waals surface area (Å²) in [6.45, 7) is 4.62. The van der Waals surface area contributed by atoms with Crippen molar-refractivity contribution in [2.75, 3.05) is 13.1 Å². The van der Waals surface area contributed by atoms with Crippen LogP contribution >= 0.6 is 0 Å². The molecule has 1 aromatic carbocycles. The average molecular weight is 286 g/mol. The van der Waals surface area contributed by atoms with Gasteiger partial charge in [0, 0.05) is 24.7 Å². The summed E-state index contributed by atoms with van der Waals surface area (Å²) in [5.74, 6) is -1.19. The SMILES string of the molecule is CCN(CCC#N)C(=O)c1ccc(C)c(/C=C/C(=O)O)c1. The summed E-state index contributed by atoms with van der Waals surface area (Å²) < 4.78 is 0. The lowest BCUT2D eigenvalue weighted by Gasteiger charge is -2.20. The largest absolute Gasteiger partial charge is 0.478 e. The molecule has 0 radical (unpaired) electrons. The van der Waals surface area contributed by atoms with Crippen LogP contribution in [0.2, 0.25) is 0 Å². The molecule has 21 heavy (non-hydrogen) atoms. The highest BCUT2D eigenvalue weighted by Crippen LogP contribution is 2.15. The Kier molecular flexibility index (Phi) is 6.15. The maximum absolute atomic E-state index is 12.4. The van der Waals surface area contributed by atoms with E-state index in [0.717, 1.165) is 11.6 Å². The molecule has 5 nitrogen and oxygen atoms in total. The molecule has 0 bridgehead atoms. The van der Waals surface area contributed by atoms with E-state index in [1.807, 2.05) is 19.9 Å². The molecule has 0 unspecified atom stereocenters. The standard InChI is InChI=1S/C16H18N2O3/c1-3-18(10-4-9-17)16(21)14-6-5-12(2)13(11-14)7-8-15(19)20/h5-8,11H,3-4,10H2,1-2H3,(H,19,20)/b8-7+. The van der Waals surface area contributed by atoms with E-state index in [-0.39, 0.29) is 12.3 Å². The summed E-state index contributed by atoms with van der Waals surface area (Å²) in [4.78, 5) is 24.5. The molecule has 1 N–H and O–H groups in total. The van der Waals surface area contributed by atoms with Gasteiger partial charge in [-0.3, -0.25) is 4.79 Å². The number of carbonyl (C=O) groups is 2. The van der Waals surface area contributed by atoms with Crippen LogP contribution in [-0.4, -0.2) is 35.0 Å². The van der Waals surface area contributed by atoms with Crippen LogP contribution in [0.25, 0.3) is 6.08 Å². The fourth-order valence-electron chi connectivity index (χ4n) is 1.88. The van der Waals surface area contributed by atoms with E-state index >= 15 is 0 Å². The minimum absolute atomic E-state index is 0.155. The fraction of sp³-hybridized carbons (Fsp3) is 0.312. The van der Waals surface area contributed by atoms with Crippen molar-refractivity contribution in [3.05, 3.63) is 41.0 Å². The van der Waals surface area contributed by atoms with Crippen LogP contribution in [-0.2, 0) is 4.79 Å². The molecular weight excluding hydrogens is 268 g/mol. The molecule has 0 saturated heterocycles. The van der Waals surface area contributed by atoms with E-state index in [2.05, 4.69) is 0 Å². The van der Waals surface area contributed by atoms with Gasteiger partial charge < -0.3 is 10.0 Å². The van der Waals surface area contributed by atoms with Crippen molar-refractivity contribution in [2.24, 2.45) is 0 Å². The van der Waals surface area contributed by atoms with Gasteiger partial charge in [0.15, 0.2) is 0 Å². The maximum atomic E-state index is 12.4. The fourth-order valence-corrected chi connectivity index (χ4v) is 1.88. The van der Waals surface area contributed by atoms with Crippen molar-refractivity contribution in [2.45, 2.75) is 20.3 Å². The molecule has 110 valence electrons. The third kappa shape index (κ3) is 4.77. The molecule has 0 aromatic heterocycles. The normalized spacial score (nSPS) is 10.3. The number of nitriles is 1. The van der Waals surface area contributed by atoms with Gasteiger partial charge in [0.2, 0.25) is 0 Å². The van der Waals surface area contributed by atoms with E-state index in [9.17, 15) is 9.59 Å². The molecule has 1 rings (SSSR count). The predicted molar refractivity (Wildman–Crippen MR) is 79.7 cm³/mol. The van der Waals surface area contributed by atoms with Gasteiger partial charge in [-0.05, 0) is 43.2 Å². The lowest BCUT2D eigenvalue weighted by Crippen LogP contribution is -2.31. The number of nitrogens with zero attached hydrogens (tertiary/aromatic N) is 2. The van der Waals surface area contributed by atoms with Crippen molar-refractivity contribution < 1.29 is 14.7 Å². The molecule has 5 heteroatoms. The first kappa shape index (κ1) is 16.4. The van der Waals surface area contributed by atoms with Gasteiger partial charge in [-0.15, -0.1) is 0 Å². The van der Waals surface area contributed by atoms with E-state index < -0.39 is 5.97 Å². The summed E-state index contributed by atoms with van der Waals surface area (Å²) in [6.07, 6.45) is 2.81. The summed E-state index contributed by atoms with van der Waals surface area (Å²) in [6, 6.07) is 7.19. The molecule has 1 aromatic rings. The highest BCUT2D eigenvalue weighted by Gasteiger charge is 2.14. The van der Waals surface area contributed by atoms with Crippen LogP contribution in [0.15, 0.2) is 24.3 Å². The van der Waals surface area contributed by atoms with Crippen LogP contribution < -0.4 is 0 Å². The number of amides is 1. The Hall–Kier alpha value is -2.61. The van der Waals surface area contributed by atoms with Crippen LogP contribution in [0.5, 0.6) is 0 Å². The maximum Gasteiger partial charge on any atom is 0.328 e. The molecule has 1 amide bonds. The van der Waals surface area contributed by atoms with Crippen LogP contribution in [0.1, 0.15) is 34.8 Å². The van der Waals surface area contributed by atoms with Gasteiger partial charge >= 0.3 is 5.97 Å². The monoisotopic (exact) mass is 286 g/mol. The van der Waals surface area contributed by atoms with Crippen LogP contribution in [0.3, 0.4) is 0 Å². The topological polar surface area (TPSA) is 81.4 Å². The Labute approximate surface area is 124 Å². The first-order valence-electron chi connectivity index (χ1n) is 6.67. The quantitative estimate of drug-likeness (QED) is 0.814. The highest BCUT2D eigenvalue weighted by molar-refractivity contribution is 5.95. The van der Waals surface area contributed by atoms with Gasteiger partial charge in [-0.25, -0.2) is 4.79 Å². The first-order chi connectivity index (χ1) is 9.99. The Morgan fingerprint density at radius 1 is 1.43 bits per heavy atom. The minimum Gasteiger partial charge on any atom is -0.478 e. The van der Waals surface area contributed by atoms with Crippen molar-refractivity contribution in [1.29, 1.82) is 5.26 Å². The van der Waals surface area contributed by atoms with Gasteiger partial charge in [-0.1, -0.05) is 6.07 Å². The van der Waals surface area contributed by atoms with E-state index in [4.69, 9.17) is 10.4 Å². The van der Waals surface area contributed by atoms with Crippen molar-refractivity contribution in [3.63, 3.8) is 0 Å². The van der Waals surface area contributed by atoms with Crippen LogP contribution in [0.4, 0.5) is 0 Å². The predicted octanol–water partition coefficient (Wildman–Crippen LogP) is 2.47. The number of rotatable bonds is 6. The average Bonchev–Trinajstić information content (AvgIpc) is 2.46. The molecule has 0 aliphatic carbocycles. The van der Waals surface area contributed by atoms with Gasteiger partial charge in [0.1, 0.15) is 0 Å². The number of carboxylic acids is 1. The second-order valence-corrected chi connectivity index (χ2v) is 4.54. The molecule has 0 aliphatic rings. The van der Waals surface area contributed by atoms with Gasteiger partial charge in [-0.2, -0.15) is 5.26 Å². The van der Waals surface area contributed by atoms with E-state index in [1.54, 1.807) is 23.1 Å². The van der Waals surface area contributed by atoms with Gasteiger partial charge in [0.25, 0.3) is 5.91 Å².